The Morgan fingerprint density at radius 3 is 1.95 bits per heavy atom. The van der Waals surface area contributed by atoms with Crippen molar-refractivity contribution in [3.05, 3.63) is 18.0 Å². The van der Waals surface area contributed by atoms with E-state index in [-0.39, 0.29) is 5.91 Å². The number of likely N-dealkylation sites (tertiary alicyclic amines) is 1. The standard InChI is InChI=1S/C16H24N4O/c21-15(19-8-6-3-7-9-19)14-12-17-16(18-13-14)20-10-4-1-2-5-11-20/h12-13H,1-11H2. The largest absolute Gasteiger partial charge is 0.341 e. The number of nitrogens with zero attached hydrogens (tertiary/aromatic N) is 4. The molecule has 5 heteroatoms. The minimum atomic E-state index is 0.0807. The number of carbonyl (C=O) groups is 1. The summed E-state index contributed by atoms with van der Waals surface area (Å²) in [4.78, 5) is 25.4. The van der Waals surface area contributed by atoms with Gasteiger partial charge in [-0.05, 0) is 32.1 Å². The molecule has 2 aliphatic rings. The van der Waals surface area contributed by atoms with E-state index in [4.69, 9.17) is 0 Å². The Balaban J connectivity index is 1.66. The molecule has 0 bridgehead atoms. The van der Waals surface area contributed by atoms with Gasteiger partial charge in [0.1, 0.15) is 0 Å². The molecule has 1 amide bonds. The molecule has 0 aromatic carbocycles. The van der Waals surface area contributed by atoms with Gasteiger partial charge in [0, 0.05) is 38.6 Å². The molecule has 21 heavy (non-hydrogen) atoms. The van der Waals surface area contributed by atoms with Crippen molar-refractivity contribution in [1.29, 1.82) is 0 Å². The lowest BCUT2D eigenvalue weighted by atomic mass is 10.1. The van der Waals surface area contributed by atoms with Crippen LogP contribution in [0.15, 0.2) is 12.4 Å². The van der Waals surface area contributed by atoms with Crippen LogP contribution >= 0.6 is 0 Å². The average molecular weight is 288 g/mol. The molecule has 0 aliphatic carbocycles. The van der Waals surface area contributed by atoms with E-state index in [1.54, 1.807) is 12.4 Å². The summed E-state index contributed by atoms with van der Waals surface area (Å²) in [6, 6.07) is 0. The van der Waals surface area contributed by atoms with Crippen molar-refractivity contribution in [3.8, 4) is 0 Å². The molecule has 5 nitrogen and oxygen atoms in total. The first-order valence-corrected chi connectivity index (χ1v) is 8.21. The van der Waals surface area contributed by atoms with E-state index >= 15 is 0 Å². The van der Waals surface area contributed by atoms with Crippen LogP contribution in [-0.2, 0) is 0 Å². The van der Waals surface area contributed by atoms with Crippen LogP contribution in [0.2, 0.25) is 0 Å². The van der Waals surface area contributed by atoms with Gasteiger partial charge >= 0.3 is 0 Å². The smallest absolute Gasteiger partial charge is 0.256 e. The normalized spacial score (nSPS) is 20.2. The molecule has 114 valence electrons. The van der Waals surface area contributed by atoms with Gasteiger partial charge in [-0.1, -0.05) is 12.8 Å². The molecule has 0 atom stereocenters. The second-order valence-electron chi connectivity index (χ2n) is 6.03. The van der Waals surface area contributed by atoms with E-state index in [1.165, 1.54) is 32.1 Å². The molecule has 2 fully saturated rings. The second-order valence-corrected chi connectivity index (χ2v) is 6.03. The summed E-state index contributed by atoms with van der Waals surface area (Å²) in [7, 11) is 0. The average Bonchev–Trinajstić information content (AvgIpc) is 2.84. The lowest BCUT2D eigenvalue weighted by molar-refractivity contribution is 0.0723. The van der Waals surface area contributed by atoms with Gasteiger partial charge in [-0.25, -0.2) is 9.97 Å². The monoisotopic (exact) mass is 288 g/mol. The maximum absolute atomic E-state index is 12.4. The molecule has 2 saturated heterocycles. The third-order valence-electron chi connectivity index (χ3n) is 4.42. The number of aromatic nitrogens is 2. The van der Waals surface area contributed by atoms with Gasteiger partial charge in [-0.2, -0.15) is 0 Å². The highest BCUT2D eigenvalue weighted by Crippen LogP contribution is 2.16. The molecular weight excluding hydrogens is 264 g/mol. The van der Waals surface area contributed by atoms with E-state index in [2.05, 4.69) is 14.9 Å². The summed E-state index contributed by atoms with van der Waals surface area (Å²) < 4.78 is 0. The van der Waals surface area contributed by atoms with Gasteiger partial charge in [0.05, 0.1) is 5.56 Å². The summed E-state index contributed by atoms with van der Waals surface area (Å²) in [6.45, 7) is 3.79. The number of anilines is 1. The molecule has 0 unspecified atom stereocenters. The van der Waals surface area contributed by atoms with Crippen LogP contribution in [0, 0.1) is 0 Å². The van der Waals surface area contributed by atoms with Crippen molar-refractivity contribution in [2.24, 2.45) is 0 Å². The van der Waals surface area contributed by atoms with Crippen molar-refractivity contribution in [2.45, 2.75) is 44.9 Å². The van der Waals surface area contributed by atoms with Crippen molar-refractivity contribution < 1.29 is 4.79 Å². The quantitative estimate of drug-likeness (QED) is 0.839. The Morgan fingerprint density at radius 1 is 0.810 bits per heavy atom. The summed E-state index contributed by atoms with van der Waals surface area (Å²) in [5.74, 6) is 0.851. The first kappa shape index (κ1) is 14.3. The Kier molecular flexibility index (Phi) is 4.68. The predicted molar refractivity (Wildman–Crippen MR) is 82.5 cm³/mol. The van der Waals surface area contributed by atoms with Gasteiger partial charge in [-0.3, -0.25) is 4.79 Å². The van der Waals surface area contributed by atoms with Gasteiger partial charge in [-0.15, -0.1) is 0 Å². The van der Waals surface area contributed by atoms with Crippen molar-refractivity contribution in [3.63, 3.8) is 0 Å². The highest BCUT2D eigenvalue weighted by atomic mass is 16.2. The van der Waals surface area contributed by atoms with Gasteiger partial charge in [0.2, 0.25) is 5.95 Å². The number of hydrogen-bond acceptors (Lipinski definition) is 4. The maximum Gasteiger partial charge on any atom is 0.256 e. The van der Waals surface area contributed by atoms with Crippen molar-refractivity contribution in [2.75, 3.05) is 31.1 Å². The molecule has 1 aromatic rings. The topological polar surface area (TPSA) is 49.3 Å². The van der Waals surface area contributed by atoms with Crippen LogP contribution in [0.3, 0.4) is 0 Å². The van der Waals surface area contributed by atoms with Crippen LogP contribution in [0.4, 0.5) is 5.95 Å². The first-order valence-electron chi connectivity index (χ1n) is 8.21. The van der Waals surface area contributed by atoms with Gasteiger partial charge < -0.3 is 9.80 Å². The van der Waals surface area contributed by atoms with Gasteiger partial charge in [0.15, 0.2) is 0 Å². The fraction of sp³-hybridized carbons (Fsp3) is 0.688. The molecular formula is C16H24N4O. The zero-order valence-electron chi connectivity index (χ0n) is 12.6. The third-order valence-corrected chi connectivity index (χ3v) is 4.42. The Bertz CT molecular complexity index is 460. The predicted octanol–water partition coefficient (Wildman–Crippen LogP) is 2.48. The Labute approximate surface area is 126 Å². The molecule has 3 heterocycles. The number of rotatable bonds is 2. The highest BCUT2D eigenvalue weighted by molar-refractivity contribution is 5.93. The lowest BCUT2D eigenvalue weighted by Gasteiger charge is -2.26. The fourth-order valence-electron chi connectivity index (χ4n) is 3.15. The van der Waals surface area contributed by atoms with Crippen LogP contribution in [0.25, 0.3) is 0 Å². The molecule has 0 spiro atoms. The SMILES string of the molecule is O=C(c1cnc(N2CCCCCC2)nc1)N1CCCCC1. The van der Waals surface area contributed by atoms with E-state index in [0.717, 1.165) is 45.0 Å². The molecule has 3 rings (SSSR count). The van der Waals surface area contributed by atoms with E-state index < -0.39 is 0 Å². The van der Waals surface area contributed by atoms with Crippen LogP contribution < -0.4 is 4.90 Å². The number of carbonyl (C=O) groups excluding carboxylic acids is 1. The summed E-state index contributed by atoms with van der Waals surface area (Å²) in [5, 5.41) is 0. The second kappa shape index (κ2) is 6.87. The summed E-state index contributed by atoms with van der Waals surface area (Å²) >= 11 is 0. The molecule has 2 aliphatic heterocycles. The summed E-state index contributed by atoms with van der Waals surface area (Å²) in [6.07, 6.45) is 11.8. The zero-order chi connectivity index (χ0) is 14.5. The van der Waals surface area contributed by atoms with Crippen molar-refractivity contribution in [1.82, 2.24) is 14.9 Å². The number of piperidine rings is 1. The molecule has 1 aromatic heterocycles. The molecule has 0 saturated carbocycles. The van der Waals surface area contributed by atoms with E-state index in [0.29, 0.717) is 5.56 Å². The van der Waals surface area contributed by atoms with E-state index in [9.17, 15) is 4.79 Å². The Hall–Kier alpha value is -1.65. The maximum atomic E-state index is 12.4. The zero-order valence-corrected chi connectivity index (χ0v) is 12.6. The number of hydrogen-bond donors (Lipinski definition) is 0. The highest BCUT2D eigenvalue weighted by Gasteiger charge is 2.19. The molecule has 0 radical (unpaired) electrons. The van der Waals surface area contributed by atoms with Crippen LogP contribution in [0.1, 0.15) is 55.3 Å². The summed E-state index contributed by atoms with van der Waals surface area (Å²) in [5.41, 5.74) is 0.621. The lowest BCUT2D eigenvalue weighted by Crippen LogP contribution is -2.35. The van der Waals surface area contributed by atoms with E-state index in [1.807, 2.05) is 4.90 Å². The number of amides is 1. The Morgan fingerprint density at radius 2 is 1.33 bits per heavy atom. The fourth-order valence-corrected chi connectivity index (χ4v) is 3.15. The van der Waals surface area contributed by atoms with Gasteiger partial charge in [0.25, 0.3) is 5.91 Å². The first-order chi connectivity index (χ1) is 10.3. The van der Waals surface area contributed by atoms with Crippen LogP contribution in [0.5, 0.6) is 0 Å². The third kappa shape index (κ3) is 3.52. The van der Waals surface area contributed by atoms with Crippen LogP contribution in [-0.4, -0.2) is 47.0 Å². The molecule has 0 N–H and O–H groups in total. The minimum absolute atomic E-state index is 0.0807. The minimum Gasteiger partial charge on any atom is -0.341 e. The van der Waals surface area contributed by atoms with Crippen molar-refractivity contribution >= 4 is 11.9 Å².